The monoisotopic (exact) mass is 412 g/mol. The van der Waals surface area contributed by atoms with Crippen molar-refractivity contribution in [3.8, 4) is 0 Å². The number of ketones is 1. The van der Waals surface area contributed by atoms with Crippen molar-refractivity contribution in [1.82, 2.24) is 10.3 Å². The van der Waals surface area contributed by atoms with Gasteiger partial charge in [-0.05, 0) is 73.4 Å². The van der Waals surface area contributed by atoms with E-state index in [4.69, 9.17) is 0 Å². The quantitative estimate of drug-likeness (QED) is 0.502. The van der Waals surface area contributed by atoms with Crippen molar-refractivity contribution in [2.24, 2.45) is 17.8 Å². The van der Waals surface area contributed by atoms with Crippen molar-refractivity contribution in [2.75, 3.05) is 12.3 Å². The first-order valence-corrected chi connectivity index (χ1v) is 11.2. The molecule has 1 heterocycles. The average molecular weight is 413 g/mol. The molecule has 0 spiro atoms. The summed E-state index contributed by atoms with van der Waals surface area (Å²) in [6, 6.07) is 9.12. The van der Waals surface area contributed by atoms with Crippen molar-refractivity contribution in [3.05, 3.63) is 59.5 Å². The van der Waals surface area contributed by atoms with Gasteiger partial charge in [0.05, 0.1) is 5.56 Å². The number of amides is 1. The standard InChI is InChI=1S/C23H25FN2O2S/c24-19-7-5-16(6-8-19)21(27)9-11-29-23-20(2-1-10-25-23)22(28)26-14-18-13-15-3-4-17(18)12-15/h1-2,5-8,10,15,17-18H,3-4,9,11-14H2,(H,26,28). The zero-order valence-electron chi connectivity index (χ0n) is 16.3. The smallest absolute Gasteiger partial charge is 0.254 e. The number of Topliss-reactive ketones (excluding diaryl/α,β-unsaturated/α-hetero) is 1. The maximum atomic E-state index is 13.0. The number of thioether (sulfide) groups is 1. The summed E-state index contributed by atoms with van der Waals surface area (Å²) in [5.74, 6) is 2.28. The van der Waals surface area contributed by atoms with E-state index in [0.29, 0.717) is 34.2 Å². The van der Waals surface area contributed by atoms with Crippen LogP contribution in [0.25, 0.3) is 0 Å². The summed E-state index contributed by atoms with van der Waals surface area (Å²) in [6.07, 6.45) is 7.20. The van der Waals surface area contributed by atoms with Gasteiger partial charge >= 0.3 is 0 Å². The normalized spacial score (nSPS) is 22.6. The summed E-state index contributed by atoms with van der Waals surface area (Å²) >= 11 is 1.40. The minimum absolute atomic E-state index is 0.0456. The van der Waals surface area contributed by atoms with Gasteiger partial charge in [-0.1, -0.05) is 6.42 Å². The van der Waals surface area contributed by atoms with Crippen LogP contribution in [0.2, 0.25) is 0 Å². The van der Waals surface area contributed by atoms with Crippen LogP contribution in [-0.2, 0) is 0 Å². The van der Waals surface area contributed by atoms with Gasteiger partial charge in [0.1, 0.15) is 10.8 Å². The molecule has 2 bridgehead atoms. The fraction of sp³-hybridized carbons (Fsp3) is 0.435. The van der Waals surface area contributed by atoms with Crippen LogP contribution in [0.1, 0.15) is 52.8 Å². The van der Waals surface area contributed by atoms with Crippen LogP contribution in [-0.4, -0.2) is 29.0 Å². The van der Waals surface area contributed by atoms with Gasteiger partial charge in [-0.3, -0.25) is 9.59 Å². The van der Waals surface area contributed by atoms with Crippen LogP contribution in [0.5, 0.6) is 0 Å². The Morgan fingerprint density at radius 3 is 2.69 bits per heavy atom. The van der Waals surface area contributed by atoms with Crippen molar-refractivity contribution >= 4 is 23.5 Å². The van der Waals surface area contributed by atoms with Crippen molar-refractivity contribution in [3.63, 3.8) is 0 Å². The van der Waals surface area contributed by atoms with Gasteiger partial charge in [-0.15, -0.1) is 11.8 Å². The molecule has 2 aliphatic rings. The molecule has 152 valence electrons. The van der Waals surface area contributed by atoms with Crippen LogP contribution < -0.4 is 5.32 Å². The van der Waals surface area contributed by atoms with Crippen molar-refractivity contribution < 1.29 is 14.0 Å². The highest BCUT2D eigenvalue weighted by Crippen LogP contribution is 2.47. The number of pyridine rings is 1. The third kappa shape index (κ3) is 4.86. The number of aromatic nitrogens is 1. The second-order valence-corrected chi connectivity index (χ2v) is 9.11. The number of halogens is 1. The minimum atomic E-state index is -0.356. The Bertz CT molecular complexity index is 887. The van der Waals surface area contributed by atoms with Crippen molar-refractivity contribution in [2.45, 2.75) is 37.1 Å². The predicted octanol–water partition coefficient (Wildman–Crippen LogP) is 4.75. The molecule has 0 aliphatic heterocycles. The molecule has 1 amide bonds. The third-order valence-corrected chi connectivity index (χ3v) is 7.17. The molecule has 2 aromatic rings. The summed E-state index contributed by atoms with van der Waals surface area (Å²) in [5.41, 5.74) is 1.06. The molecule has 2 aliphatic carbocycles. The number of hydrogen-bond acceptors (Lipinski definition) is 4. The summed E-state index contributed by atoms with van der Waals surface area (Å²) in [5, 5.41) is 3.75. The summed E-state index contributed by atoms with van der Waals surface area (Å²) < 4.78 is 13.0. The van der Waals surface area contributed by atoms with Gasteiger partial charge in [0, 0.05) is 30.5 Å². The number of nitrogens with one attached hydrogen (secondary N) is 1. The molecule has 1 aromatic carbocycles. The first-order chi connectivity index (χ1) is 14.1. The zero-order valence-corrected chi connectivity index (χ0v) is 17.1. The maximum Gasteiger partial charge on any atom is 0.254 e. The number of carbonyl (C=O) groups excluding carboxylic acids is 2. The lowest BCUT2D eigenvalue weighted by molar-refractivity contribution is 0.0937. The van der Waals surface area contributed by atoms with Crippen LogP contribution in [0.3, 0.4) is 0 Å². The molecule has 3 unspecified atom stereocenters. The molecule has 6 heteroatoms. The van der Waals surface area contributed by atoms with E-state index in [1.165, 1.54) is 61.7 Å². The molecule has 4 rings (SSSR count). The summed E-state index contributed by atoms with van der Waals surface area (Å²) in [7, 11) is 0. The highest BCUT2D eigenvalue weighted by molar-refractivity contribution is 7.99. The average Bonchev–Trinajstić information content (AvgIpc) is 3.36. The van der Waals surface area contributed by atoms with E-state index in [2.05, 4.69) is 10.3 Å². The van der Waals surface area contributed by atoms with Crippen LogP contribution in [0, 0.1) is 23.6 Å². The Morgan fingerprint density at radius 1 is 1.14 bits per heavy atom. The van der Waals surface area contributed by atoms with Gasteiger partial charge in [0.2, 0.25) is 0 Å². The molecule has 29 heavy (non-hydrogen) atoms. The van der Waals surface area contributed by atoms with E-state index in [1.54, 1.807) is 18.3 Å². The molecule has 1 N–H and O–H groups in total. The SMILES string of the molecule is O=C(CCSc1ncccc1C(=O)NCC1CC2CCC1C2)c1ccc(F)cc1. The summed E-state index contributed by atoms with van der Waals surface area (Å²) in [6.45, 7) is 0.738. The highest BCUT2D eigenvalue weighted by atomic mass is 32.2. The van der Waals surface area contributed by atoms with Crippen LogP contribution in [0.15, 0.2) is 47.6 Å². The Hall–Kier alpha value is -2.21. The maximum absolute atomic E-state index is 13.0. The lowest BCUT2D eigenvalue weighted by Crippen LogP contribution is -2.32. The molecule has 2 fully saturated rings. The Labute approximate surface area is 174 Å². The lowest BCUT2D eigenvalue weighted by Gasteiger charge is -2.22. The Morgan fingerprint density at radius 2 is 1.97 bits per heavy atom. The molecule has 1 aromatic heterocycles. The van der Waals surface area contributed by atoms with Gasteiger partial charge in [-0.25, -0.2) is 9.37 Å². The largest absolute Gasteiger partial charge is 0.352 e. The molecule has 4 nitrogen and oxygen atoms in total. The zero-order chi connectivity index (χ0) is 20.2. The van der Waals surface area contributed by atoms with Gasteiger partial charge in [0.15, 0.2) is 5.78 Å². The molecule has 0 saturated heterocycles. The molecule has 0 radical (unpaired) electrons. The molecular weight excluding hydrogens is 387 g/mol. The lowest BCUT2D eigenvalue weighted by atomic mass is 9.89. The second kappa shape index (κ2) is 9.08. The van der Waals surface area contributed by atoms with Crippen LogP contribution >= 0.6 is 11.8 Å². The van der Waals surface area contributed by atoms with E-state index in [9.17, 15) is 14.0 Å². The van der Waals surface area contributed by atoms with E-state index >= 15 is 0 Å². The Balaban J connectivity index is 1.30. The number of benzene rings is 1. The number of hydrogen-bond donors (Lipinski definition) is 1. The first kappa shape index (κ1) is 20.1. The van der Waals surface area contributed by atoms with E-state index in [0.717, 1.165) is 18.4 Å². The van der Waals surface area contributed by atoms with Gasteiger partial charge in [-0.2, -0.15) is 0 Å². The van der Waals surface area contributed by atoms with Gasteiger partial charge in [0.25, 0.3) is 5.91 Å². The van der Waals surface area contributed by atoms with E-state index in [-0.39, 0.29) is 17.5 Å². The Kier molecular flexibility index (Phi) is 6.28. The number of rotatable bonds is 8. The topological polar surface area (TPSA) is 59.1 Å². The molecule has 3 atom stereocenters. The minimum Gasteiger partial charge on any atom is -0.352 e. The number of nitrogens with zero attached hydrogens (tertiary/aromatic N) is 1. The fourth-order valence-corrected chi connectivity index (χ4v) is 5.58. The first-order valence-electron chi connectivity index (χ1n) is 10.2. The molecular formula is C23H25FN2O2S. The van der Waals surface area contributed by atoms with Gasteiger partial charge < -0.3 is 5.32 Å². The number of fused-ring (bicyclic) bond motifs is 2. The second-order valence-electron chi connectivity index (χ2n) is 8.03. The highest BCUT2D eigenvalue weighted by Gasteiger charge is 2.39. The van der Waals surface area contributed by atoms with E-state index in [1.807, 2.05) is 0 Å². The molecule has 2 saturated carbocycles. The summed E-state index contributed by atoms with van der Waals surface area (Å²) in [4.78, 5) is 29.3. The predicted molar refractivity (Wildman–Crippen MR) is 112 cm³/mol. The van der Waals surface area contributed by atoms with Crippen molar-refractivity contribution in [1.29, 1.82) is 0 Å². The number of carbonyl (C=O) groups is 2. The fourth-order valence-electron chi connectivity index (χ4n) is 4.64. The van der Waals surface area contributed by atoms with E-state index < -0.39 is 0 Å². The van der Waals surface area contributed by atoms with Crippen LogP contribution in [0.4, 0.5) is 4.39 Å². The third-order valence-electron chi connectivity index (χ3n) is 6.16.